The van der Waals surface area contributed by atoms with E-state index in [4.69, 9.17) is 40.5 Å². The summed E-state index contributed by atoms with van der Waals surface area (Å²) in [5.74, 6) is 0.517. The Bertz CT molecular complexity index is 363. The van der Waals surface area contributed by atoms with E-state index < -0.39 is 0 Å². The molecule has 1 fully saturated rings. The third-order valence-corrected chi connectivity index (χ3v) is 3.69. The highest BCUT2D eigenvalue weighted by Crippen LogP contribution is 2.45. The Balaban J connectivity index is 0.00000112. The fourth-order valence-electron chi connectivity index (χ4n) is 1.54. The monoisotopic (exact) mass is 285 g/mol. The van der Waals surface area contributed by atoms with E-state index >= 15 is 0 Å². The smallest absolute Gasteiger partial charge is 0.0655 e. The Kier molecular flexibility index (Phi) is 4.57. The molecular formula is C10H11Cl4N. The molecule has 1 nitrogen and oxygen atoms in total. The van der Waals surface area contributed by atoms with Crippen molar-refractivity contribution in [3.8, 4) is 0 Å². The van der Waals surface area contributed by atoms with Crippen LogP contribution in [0.2, 0.25) is 15.1 Å². The fourth-order valence-corrected chi connectivity index (χ4v) is 2.33. The van der Waals surface area contributed by atoms with Crippen molar-refractivity contribution in [3.63, 3.8) is 0 Å². The number of nitrogens with two attached hydrogens (primary N) is 1. The Hall–Kier alpha value is 0.340. The average Bonchev–Trinajstić information content (AvgIpc) is 2.95. The SMILES string of the molecule is Cl.N[C@H](c1c(Cl)ccc(Cl)c1Cl)C1CC1. The van der Waals surface area contributed by atoms with Gasteiger partial charge in [0, 0.05) is 16.6 Å². The van der Waals surface area contributed by atoms with Gasteiger partial charge in [-0.05, 0) is 30.9 Å². The van der Waals surface area contributed by atoms with Crippen molar-refractivity contribution in [2.45, 2.75) is 18.9 Å². The predicted molar refractivity (Wildman–Crippen MR) is 68.4 cm³/mol. The van der Waals surface area contributed by atoms with Gasteiger partial charge in [-0.15, -0.1) is 12.4 Å². The molecule has 0 radical (unpaired) electrons. The van der Waals surface area contributed by atoms with Gasteiger partial charge in [-0.25, -0.2) is 0 Å². The molecule has 84 valence electrons. The van der Waals surface area contributed by atoms with Gasteiger partial charge in [-0.1, -0.05) is 34.8 Å². The summed E-state index contributed by atoms with van der Waals surface area (Å²) in [7, 11) is 0. The van der Waals surface area contributed by atoms with Crippen molar-refractivity contribution in [2.24, 2.45) is 11.7 Å². The van der Waals surface area contributed by atoms with Crippen molar-refractivity contribution in [2.75, 3.05) is 0 Å². The van der Waals surface area contributed by atoms with Crippen LogP contribution in [0, 0.1) is 5.92 Å². The van der Waals surface area contributed by atoms with E-state index in [9.17, 15) is 0 Å². The first kappa shape index (κ1) is 13.4. The molecule has 0 heterocycles. The summed E-state index contributed by atoms with van der Waals surface area (Å²) in [6.45, 7) is 0. The summed E-state index contributed by atoms with van der Waals surface area (Å²) in [6.07, 6.45) is 2.31. The molecule has 0 bridgehead atoms. The van der Waals surface area contributed by atoms with Crippen LogP contribution in [0.15, 0.2) is 12.1 Å². The van der Waals surface area contributed by atoms with E-state index in [-0.39, 0.29) is 18.4 Å². The average molecular weight is 287 g/mol. The van der Waals surface area contributed by atoms with Gasteiger partial charge in [-0.2, -0.15) is 0 Å². The van der Waals surface area contributed by atoms with E-state index in [1.54, 1.807) is 12.1 Å². The molecule has 1 aromatic rings. The molecule has 1 aliphatic carbocycles. The first-order chi connectivity index (χ1) is 6.61. The van der Waals surface area contributed by atoms with Crippen molar-refractivity contribution in [1.29, 1.82) is 0 Å². The number of halogens is 4. The summed E-state index contributed by atoms with van der Waals surface area (Å²) in [6, 6.07) is 3.36. The number of hydrogen-bond donors (Lipinski definition) is 1. The molecule has 0 spiro atoms. The van der Waals surface area contributed by atoms with Gasteiger partial charge >= 0.3 is 0 Å². The third kappa shape index (κ3) is 2.72. The van der Waals surface area contributed by atoms with Gasteiger partial charge < -0.3 is 5.73 Å². The van der Waals surface area contributed by atoms with E-state index in [0.717, 1.165) is 18.4 Å². The first-order valence-electron chi connectivity index (χ1n) is 4.50. The van der Waals surface area contributed by atoms with Gasteiger partial charge in [0.2, 0.25) is 0 Å². The summed E-state index contributed by atoms with van der Waals surface area (Å²) in [4.78, 5) is 0. The normalized spacial score (nSPS) is 17.1. The zero-order valence-electron chi connectivity index (χ0n) is 7.84. The van der Waals surface area contributed by atoms with Crippen LogP contribution in [0.4, 0.5) is 0 Å². The Morgan fingerprint density at radius 2 is 1.67 bits per heavy atom. The van der Waals surface area contributed by atoms with E-state index in [1.807, 2.05) is 0 Å². The van der Waals surface area contributed by atoms with Crippen molar-refractivity contribution in [1.82, 2.24) is 0 Å². The maximum Gasteiger partial charge on any atom is 0.0655 e. The second-order valence-corrected chi connectivity index (χ2v) is 4.81. The largest absolute Gasteiger partial charge is 0.324 e. The number of benzene rings is 1. The molecule has 1 atom stereocenters. The molecule has 1 saturated carbocycles. The molecule has 2 rings (SSSR count). The Labute approximate surface area is 110 Å². The lowest BCUT2D eigenvalue weighted by Crippen LogP contribution is -2.13. The van der Waals surface area contributed by atoms with Gasteiger partial charge in [-0.3, -0.25) is 0 Å². The minimum atomic E-state index is -0.0753. The van der Waals surface area contributed by atoms with Crippen LogP contribution in [-0.4, -0.2) is 0 Å². The molecule has 0 saturated heterocycles. The van der Waals surface area contributed by atoms with Gasteiger partial charge in [0.1, 0.15) is 0 Å². The quantitative estimate of drug-likeness (QED) is 0.797. The van der Waals surface area contributed by atoms with Crippen molar-refractivity contribution >= 4 is 47.2 Å². The minimum absolute atomic E-state index is 0. The highest BCUT2D eigenvalue weighted by atomic mass is 35.5. The highest BCUT2D eigenvalue weighted by molar-refractivity contribution is 6.44. The summed E-state index contributed by atoms with van der Waals surface area (Å²) >= 11 is 18.0. The standard InChI is InChI=1S/C10H10Cl3N.ClH/c11-6-3-4-7(12)9(13)8(6)10(14)5-1-2-5;/h3-5,10H,1-2,14H2;1H/t10-;/m0./s1. The third-order valence-electron chi connectivity index (χ3n) is 2.54. The second-order valence-electron chi connectivity index (χ2n) is 3.62. The van der Waals surface area contributed by atoms with Gasteiger partial charge in [0.05, 0.1) is 10.0 Å². The zero-order valence-corrected chi connectivity index (χ0v) is 10.9. The maximum atomic E-state index is 6.07. The highest BCUT2D eigenvalue weighted by Gasteiger charge is 2.32. The van der Waals surface area contributed by atoms with Crippen LogP contribution >= 0.6 is 47.2 Å². The lowest BCUT2D eigenvalue weighted by atomic mass is 10.0. The van der Waals surface area contributed by atoms with Crippen LogP contribution in [0.25, 0.3) is 0 Å². The molecular weight excluding hydrogens is 276 g/mol. The molecule has 0 aliphatic heterocycles. The van der Waals surface area contributed by atoms with E-state index in [1.165, 1.54) is 0 Å². The fraction of sp³-hybridized carbons (Fsp3) is 0.400. The molecule has 5 heteroatoms. The molecule has 1 aromatic carbocycles. The second kappa shape index (κ2) is 5.11. The minimum Gasteiger partial charge on any atom is -0.324 e. The summed E-state index contributed by atoms with van der Waals surface area (Å²) in [5, 5.41) is 1.62. The number of rotatable bonds is 2. The van der Waals surface area contributed by atoms with Crippen LogP contribution < -0.4 is 5.73 Å². The summed E-state index contributed by atoms with van der Waals surface area (Å²) in [5.41, 5.74) is 6.84. The summed E-state index contributed by atoms with van der Waals surface area (Å²) < 4.78 is 0. The Morgan fingerprint density at radius 1 is 1.13 bits per heavy atom. The van der Waals surface area contributed by atoms with Crippen LogP contribution in [-0.2, 0) is 0 Å². The van der Waals surface area contributed by atoms with Crippen LogP contribution in [0.3, 0.4) is 0 Å². The zero-order chi connectivity index (χ0) is 10.3. The molecule has 2 N–H and O–H groups in total. The first-order valence-corrected chi connectivity index (χ1v) is 5.63. The molecule has 0 amide bonds. The maximum absolute atomic E-state index is 6.07. The van der Waals surface area contributed by atoms with Crippen LogP contribution in [0.5, 0.6) is 0 Å². The van der Waals surface area contributed by atoms with Crippen molar-refractivity contribution in [3.05, 3.63) is 32.8 Å². The van der Waals surface area contributed by atoms with E-state index in [0.29, 0.717) is 21.0 Å². The molecule has 1 aliphatic rings. The lowest BCUT2D eigenvalue weighted by molar-refractivity contribution is 0.634. The van der Waals surface area contributed by atoms with E-state index in [2.05, 4.69) is 0 Å². The molecule has 15 heavy (non-hydrogen) atoms. The molecule has 0 aromatic heterocycles. The van der Waals surface area contributed by atoms with Gasteiger partial charge in [0.25, 0.3) is 0 Å². The lowest BCUT2D eigenvalue weighted by Gasteiger charge is -2.15. The predicted octanol–water partition coefficient (Wildman–Crippen LogP) is 4.48. The number of hydrogen-bond acceptors (Lipinski definition) is 1. The molecule has 0 unspecified atom stereocenters. The van der Waals surface area contributed by atoms with Crippen molar-refractivity contribution < 1.29 is 0 Å². The Morgan fingerprint density at radius 3 is 2.20 bits per heavy atom. The topological polar surface area (TPSA) is 26.0 Å². The van der Waals surface area contributed by atoms with Gasteiger partial charge in [0.15, 0.2) is 0 Å². The van der Waals surface area contributed by atoms with Crippen LogP contribution in [0.1, 0.15) is 24.4 Å².